The van der Waals surface area contributed by atoms with Crippen molar-refractivity contribution < 1.29 is 0 Å². The van der Waals surface area contributed by atoms with Gasteiger partial charge in [0, 0.05) is 4.75 Å². The molecule has 0 aliphatic rings. The van der Waals surface area contributed by atoms with Crippen molar-refractivity contribution in [2.24, 2.45) is 0 Å². The first kappa shape index (κ1) is 13.6. The lowest BCUT2D eigenvalue weighted by molar-refractivity contribution is 0.584. The molecule has 1 aromatic rings. The molecule has 0 amide bonds. The highest BCUT2D eigenvalue weighted by Crippen LogP contribution is 2.35. The van der Waals surface area contributed by atoms with Gasteiger partial charge in [0.05, 0.1) is 0 Å². The van der Waals surface area contributed by atoms with Crippen LogP contribution >= 0.6 is 12.6 Å². The maximum Gasteiger partial charge on any atom is 0.0373 e. The van der Waals surface area contributed by atoms with E-state index in [2.05, 4.69) is 45.0 Å². The zero-order valence-electron chi connectivity index (χ0n) is 10.8. The van der Waals surface area contributed by atoms with Crippen LogP contribution in [0.3, 0.4) is 0 Å². The molecule has 0 aliphatic carbocycles. The van der Waals surface area contributed by atoms with Crippen molar-refractivity contribution >= 4 is 12.6 Å². The van der Waals surface area contributed by atoms with Crippen molar-refractivity contribution in [2.75, 3.05) is 0 Å². The summed E-state index contributed by atoms with van der Waals surface area (Å²) in [5.74, 6) is 0. The Bertz CT molecular complexity index is 296. The summed E-state index contributed by atoms with van der Waals surface area (Å²) in [5.41, 5.74) is 2.81. The molecule has 0 fully saturated rings. The lowest BCUT2D eigenvalue weighted by Crippen LogP contribution is -2.16. The van der Waals surface area contributed by atoms with Gasteiger partial charge in [-0.25, -0.2) is 0 Å². The quantitative estimate of drug-likeness (QED) is 0.662. The fourth-order valence-electron chi connectivity index (χ4n) is 2.02. The van der Waals surface area contributed by atoms with E-state index in [-0.39, 0.29) is 4.75 Å². The van der Waals surface area contributed by atoms with E-state index in [1.165, 1.54) is 30.4 Å². The minimum Gasteiger partial charge on any atom is -0.168 e. The van der Waals surface area contributed by atoms with Crippen LogP contribution in [0, 0.1) is 0 Å². The number of hydrogen-bond acceptors (Lipinski definition) is 1. The van der Waals surface area contributed by atoms with E-state index < -0.39 is 0 Å². The smallest absolute Gasteiger partial charge is 0.0373 e. The molecule has 1 heteroatoms. The van der Waals surface area contributed by atoms with Gasteiger partial charge in [-0.3, -0.25) is 0 Å². The maximum atomic E-state index is 4.81. The minimum atomic E-state index is 0.0588. The molecule has 0 saturated carbocycles. The van der Waals surface area contributed by atoms with Gasteiger partial charge in [-0.15, -0.1) is 0 Å². The summed E-state index contributed by atoms with van der Waals surface area (Å²) in [5, 5.41) is 0. The average molecular weight is 236 g/mol. The van der Waals surface area contributed by atoms with Gasteiger partial charge < -0.3 is 0 Å². The Labute approximate surface area is 106 Å². The number of aryl methyl sites for hydroxylation is 1. The third-order valence-electron chi connectivity index (χ3n) is 3.48. The van der Waals surface area contributed by atoms with Crippen LogP contribution < -0.4 is 0 Å². The molecule has 16 heavy (non-hydrogen) atoms. The first-order chi connectivity index (χ1) is 7.66. The summed E-state index contributed by atoms with van der Waals surface area (Å²) in [7, 11) is 0. The van der Waals surface area contributed by atoms with E-state index in [1.54, 1.807) is 0 Å². The summed E-state index contributed by atoms with van der Waals surface area (Å²) >= 11 is 4.81. The zero-order chi connectivity index (χ0) is 12.0. The van der Waals surface area contributed by atoms with Gasteiger partial charge in [-0.1, -0.05) is 51.5 Å². The normalized spacial score (nSPS) is 11.8. The van der Waals surface area contributed by atoms with Gasteiger partial charge in [0.25, 0.3) is 0 Å². The molecule has 0 saturated heterocycles. The molecule has 0 atom stereocenters. The lowest BCUT2D eigenvalue weighted by atomic mass is 9.91. The lowest BCUT2D eigenvalue weighted by Gasteiger charge is -2.26. The largest absolute Gasteiger partial charge is 0.168 e. The Kier molecular flexibility index (Phi) is 5.40. The predicted octanol–water partition coefficient (Wildman–Crippen LogP) is 4.97. The van der Waals surface area contributed by atoms with E-state index in [9.17, 15) is 0 Å². The van der Waals surface area contributed by atoms with Crippen LogP contribution in [0.5, 0.6) is 0 Å². The van der Waals surface area contributed by atoms with Crippen molar-refractivity contribution in [2.45, 2.75) is 57.6 Å². The van der Waals surface area contributed by atoms with Crippen molar-refractivity contribution in [1.29, 1.82) is 0 Å². The van der Waals surface area contributed by atoms with Gasteiger partial charge in [0.1, 0.15) is 0 Å². The fraction of sp³-hybridized carbons (Fsp3) is 0.600. The van der Waals surface area contributed by atoms with E-state index in [4.69, 9.17) is 12.6 Å². The number of thiol groups is 1. The molecular weight excluding hydrogens is 212 g/mol. The summed E-state index contributed by atoms with van der Waals surface area (Å²) in [4.78, 5) is 0. The minimum absolute atomic E-state index is 0.0588. The second-order valence-electron chi connectivity index (χ2n) is 4.54. The molecule has 0 aliphatic heterocycles. The monoisotopic (exact) mass is 236 g/mol. The van der Waals surface area contributed by atoms with Gasteiger partial charge in [-0.05, 0) is 36.8 Å². The molecular formula is C15H24S. The van der Waals surface area contributed by atoms with Crippen molar-refractivity contribution in [3.05, 3.63) is 35.4 Å². The highest BCUT2D eigenvalue weighted by molar-refractivity contribution is 7.81. The Morgan fingerprint density at radius 3 is 2.00 bits per heavy atom. The van der Waals surface area contributed by atoms with Crippen LogP contribution in [0.15, 0.2) is 24.3 Å². The van der Waals surface area contributed by atoms with Gasteiger partial charge >= 0.3 is 0 Å². The second-order valence-corrected chi connectivity index (χ2v) is 5.40. The highest BCUT2D eigenvalue weighted by atomic mass is 32.1. The van der Waals surface area contributed by atoms with Crippen LogP contribution in [-0.2, 0) is 11.2 Å². The molecule has 1 aromatic carbocycles. The Balaban J connectivity index is 2.77. The van der Waals surface area contributed by atoms with Crippen LogP contribution in [0.2, 0.25) is 0 Å². The first-order valence-electron chi connectivity index (χ1n) is 6.48. The Morgan fingerprint density at radius 2 is 1.56 bits per heavy atom. The SMILES string of the molecule is CCCCc1ccc(C(S)(CC)CC)cc1. The van der Waals surface area contributed by atoms with Gasteiger partial charge in [0.2, 0.25) is 0 Å². The molecule has 0 radical (unpaired) electrons. The molecule has 0 aromatic heterocycles. The fourth-order valence-corrected chi connectivity index (χ4v) is 2.17. The van der Waals surface area contributed by atoms with Crippen molar-refractivity contribution in [3.63, 3.8) is 0 Å². The average Bonchev–Trinajstić information content (AvgIpc) is 2.36. The summed E-state index contributed by atoms with van der Waals surface area (Å²) in [6, 6.07) is 9.04. The van der Waals surface area contributed by atoms with E-state index in [0.29, 0.717) is 0 Å². The standard InChI is InChI=1S/C15H24S/c1-4-7-8-13-9-11-14(12-10-13)15(16,5-2)6-3/h9-12,16H,4-8H2,1-3H3. The van der Waals surface area contributed by atoms with Crippen molar-refractivity contribution in [3.8, 4) is 0 Å². The van der Waals surface area contributed by atoms with E-state index in [1.807, 2.05) is 0 Å². The molecule has 1 rings (SSSR count). The van der Waals surface area contributed by atoms with Crippen LogP contribution in [0.25, 0.3) is 0 Å². The zero-order valence-corrected chi connectivity index (χ0v) is 11.7. The number of benzene rings is 1. The molecule has 0 bridgehead atoms. The summed E-state index contributed by atoms with van der Waals surface area (Å²) in [6.07, 6.45) is 5.92. The number of rotatable bonds is 6. The number of unbranched alkanes of at least 4 members (excludes halogenated alkanes) is 1. The Hall–Kier alpha value is -0.430. The van der Waals surface area contributed by atoms with Gasteiger partial charge in [0.15, 0.2) is 0 Å². The van der Waals surface area contributed by atoms with Crippen LogP contribution in [0.4, 0.5) is 0 Å². The maximum absolute atomic E-state index is 4.81. The second kappa shape index (κ2) is 6.34. The summed E-state index contributed by atoms with van der Waals surface area (Å²) in [6.45, 7) is 6.66. The first-order valence-corrected chi connectivity index (χ1v) is 6.92. The molecule has 0 nitrogen and oxygen atoms in total. The van der Waals surface area contributed by atoms with E-state index in [0.717, 1.165) is 12.8 Å². The van der Waals surface area contributed by atoms with E-state index >= 15 is 0 Å². The molecule has 0 spiro atoms. The van der Waals surface area contributed by atoms with Crippen LogP contribution in [-0.4, -0.2) is 0 Å². The predicted molar refractivity (Wildman–Crippen MR) is 76.3 cm³/mol. The van der Waals surface area contributed by atoms with Crippen LogP contribution in [0.1, 0.15) is 57.6 Å². The highest BCUT2D eigenvalue weighted by Gasteiger charge is 2.22. The Morgan fingerprint density at radius 1 is 1.00 bits per heavy atom. The van der Waals surface area contributed by atoms with Gasteiger partial charge in [-0.2, -0.15) is 12.6 Å². The molecule has 0 N–H and O–H groups in total. The topological polar surface area (TPSA) is 0 Å². The third kappa shape index (κ3) is 3.28. The molecule has 0 heterocycles. The van der Waals surface area contributed by atoms with Crippen molar-refractivity contribution in [1.82, 2.24) is 0 Å². The summed E-state index contributed by atoms with van der Waals surface area (Å²) < 4.78 is 0.0588. The number of hydrogen-bond donors (Lipinski definition) is 1. The molecule has 90 valence electrons. The third-order valence-corrected chi connectivity index (χ3v) is 4.37. The molecule has 0 unspecified atom stereocenters.